The molecule has 0 radical (unpaired) electrons. The van der Waals surface area contributed by atoms with E-state index in [0.29, 0.717) is 6.04 Å². The van der Waals surface area contributed by atoms with Gasteiger partial charge in [0.1, 0.15) is 0 Å². The van der Waals surface area contributed by atoms with E-state index in [2.05, 4.69) is 50.0 Å². The summed E-state index contributed by atoms with van der Waals surface area (Å²) in [6, 6.07) is 0.300. The highest BCUT2D eigenvalue weighted by Crippen LogP contribution is 2.26. The first-order valence-corrected chi connectivity index (χ1v) is 7.41. The summed E-state index contributed by atoms with van der Waals surface area (Å²) in [5, 5.41) is 7.83. The molecule has 1 atom stereocenters. The highest BCUT2D eigenvalue weighted by Gasteiger charge is 2.18. The van der Waals surface area contributed by atoms with Crippen molar-refractivity contribution in [3.63, 3.8) is 0 Å². The molecule has 1 rings (SSSR count). The van der Waals surface area contributed by atoms with Gasteiger partial charge in [0.05, 0.1) is 29.0 Å². The Bertz CT molecular complexity index is 368. The van der Waals surface area contributed by atoms with Gasteiger partial charge in [-0.25, -0.2) is 0 Å². The van der Waals surface area contributed by atoms with E-state index in [9.17, 15) is 0 Å². The maximum absolute atomic E-state index is 5.12. The molecule has 0 aromatic carbocycles. The Morgan fingerprint density at radius 2 is 2.26 bits per heavy atom. The molecule has 1 aromatic heterocycles. The van der Waals surface area contributed by atoms with Gasteiger partial charge >= 0.3 is 0 Å². The summed E-state index contributed by atoms with van der Waals surface area (Å²) in [6.45, 7) is 2.67. The van der Waals surface area contributed by atoms with Crippen LogP contribution in [0.4, 0.5) is 0 Å². The molecular weight excluding hydrogens is 308 g/mol. The zero-order chi connectivity index (χ0) is 14.3. The molecule has 1 heterocycles. The largest absolute Gasteiger partial charge is 0.385 e. The molecule has 0 aliphatic rings. The van der Waals surface area contributed by atoms with E-state index in [-0.39, 0.29) is 0 Å². The van der Waals surface area contributed by atoms with Crippen LogP contribution in [0, 0.1) is 0 Å². The predicted molar refractivity (Wildman–Crippen MR) is 81.4 cm³/mol. The van der Waals surface area contributed by atoms with E-state index in [1.54, 1.807) is 7.11 Å². The van der Waals surface area contributed by atoms with Gasteiger partial charge in [0, 0.05) is 20.3 Å². The van der Waals surface area contributed by atoms with Crippen molar-refractivity contribution >= 4 is 15.9 Å². The number of hydrogen-bond donors (Lipinski definition) is 1. The number of aromatic nitrogens is 2. The Kier molecular flexibility index (Phi) is 7.60. The molecule has 0 saturated carbocycles. The number of methoxy groups -OCH3 is 1. The van der Waals surface area contributed by atoms with E-state index in [1.807, 2.05) is 13.2 Å². The third-order valence-corrected chi connectivity index (χ3v) is 3.72. The minimum absolute atomic E-state index is 0.300. The highest BCUT2D eigenvalue weighted by atomic mass is 79.9. The molecule has 0 aliphatic heterocycles. The lowest BCUT2D eigenvalue weighted by molar-refractivity contribution is 0.188. The summed E-state index contributed by atoms with van der Waals surface area (Å²) in [5.74, 6) is 0. The lowest BCUT2D eigenvalue weighted by Crippen LogP contribution is -2.25. The van der Waals surface area contributed by atoms with E-state index in [0.717, 1.165) is 37.0 Å². The molecule has 110 valence electrons. The number of halogens is 1. The fourth-order valence-corrected chi connectivity index (χ4v) is 2.61. The number of nitrogens with zero attached hydrogens (tertiary/aromatic N) is 3. The van der Waals surface area contributed by atoms with Crippen molar-refractivity contribution in [3.8, 4) is 0 Å². The Labute approximate surface area is 124 Å². The summed E-state index contributed by atoms with van der Waals surface area (Å²) < 4.78 is 8.28. The van der Waals surface area contributed by atoms with Crippen molar-refractivity contribution < 1.29 is 4.74 Å². The zero-order valence-electron chi connectivity index (χ0n) is 12.3. The van der Waals surface area contributed by atoms with Crippen LogP contribution in [-0.2, 0) is 11.3 Å². The number of rotatable bonds is 9. The van der Waals surface area contributed by atoms with E-state index in [1.165, 1.54) is 5.69 Å². The zero-order valence-corrected chi connectivity index (χ0v) is 13.9. The third-order valence-electron chi connectivity index (χ3n) is 3.11. The monoisotopic (exact) mass is 332 g/mol. The van der Waals surface area contributed by atoms with Crippen LogP contribution in [0.3, 0.4) is 0 Å². The topological polar surface area (TPSA) is 42.3 Å². The molecule has 19 heavy (non-hydrogen) atoms. The summed E-state index contributed by atoms with van der Waals surface area (Å²) in [5.41, 5.74) is 1.22. The maximum atomic E-state index is 5.12. The average molecular weight is 333 g/mol. The van der Waals surface area contributed by atoms with Crippen LogP contribution >= 0.6 is 15.9 Å². The first-order chi connectivity index (χ1) is 9.10. The third kappa shape index (κ3) is 5.22. The summed E-state index contributed by atoms with van der Waals surface area (Å²) in [7, 11) is 7.89. The number of hydrogen-bond acceptors (Lipinski definition) is 4. The lowest BCUT2D eigenvalue weighted by Gasteiger charge is -2.19. The molecule has 0 saturated heterocycles. The minimum atomic E-state index is 0.300. The molecule has 0 aliphatic carbocycles. The second kappa shape index (κ2) is 8.68. The average Bonchev–Trinajstić information content (AvgIpc) is 2.74. The minimum Gasteiger partial charge on any atom is -0.385 e. The summed E-state index contributed by atoms with van der Waals surface area (Å²) >= 11 is 3.61. The van der Waals surface area contributed by atoms with Crippen molar-refractivity contribution in [1.29, 1.82) is 0 Å². The second-order valence-corrected chi connectivity index (χ2v) is 5.73. The highest BCUT2D eigenvalue weighted by molar-refractivity contribution is 9.10. The van der Waals surface area contributed by atoms with Gasteiger partial charge in [-0.15, -0.1) is 0 Å². The van der Waals surface area contributed by atoms with Crippen LogP contribution in [0.5, 0.6) is 0 Å². The van der Waals surface area contributed by atoms with Gasteiger partial charge in [-0.2, -0.15) is 5.10 Å². The van der Waals surface area contributed by atoms with Crippen molar-refractivity contribution in [1.82, 2.24) is 20.0 Å². The van der Waals surface area contributed by atoms with E-state index < -0.39 is 0 Å². The van der Waals surface area contributed by atoms with Crippen LogP contribution < -0.4 is 5.32 Å². The maximum Gasteiger partial charge on any atom is 0.0696 e. The van der Waals surface area contributed by atoms with Gasteiger partial charge < -0.3 is 15.0 Å². The smallest absolute Gasteiger partial charge is 0.0696 e. The normalized spacial score (nSPS) is 13.2. The lowest BCUT2D eigenvalue weighted by atomic mass is 10.1. The van der Waals surface area contributed by atoms with Crippen LogP contribution in [0.15, 0.2) is 10.7 Å². The van der Waals surface area contributed by atoms with Gasteiger partial charge in [-0.05, 0) is 49.9 Å². The van der Waals surface area contributed by atoms with Crippen molar-refractivity contribution in [2.75, 3.05) is 41.4 Å². The number of ether oxygens (including phenoxy) is 1. The quantitative estimate of drug-likeness (QED) is 0.701. The molecule has 0 bridgehead atoms. The first kappa shape index (κ1) is 16.6. The Hall–Kier alpha value is -0.430. The van der Waals surface area contributed by atoms with Gasteiger partial charge in [-0.3, -0.25) is 4.68 Å². The van der Waals surface area contributed by atoms with Crippen molar-refractivity contribution in [2.24, 2.45) is 0 Å². The predicted octanol–water partition coefficient (Wildman–Crippen LogP) is 1.89. The number of likely N-dealkylation sites (N-methyl/N-ethyl adjacent to an activating group) is 1. The standard InChI is InChI=1S/C13H25BrN4O/c1-15-12(6-5-9-19-4)13-11(14)10-16-18(13)8-7-17(2)3/h10,12,15H,5-9H2,1-4H3. The van der Waals surface area contributed by atoms with Gasteiger partial charge in [0.15, 0.2) is 0 Å². The molecule has 1 N–H and O–H groups in total. The molecule has 0 fully saturated rings. The van der Waals surface area contributed by atoms with Gasteiger partial charge in [0.25, 0.3) is 0 Å². The van der Waals surface area contributed by atoms with Crippen LogP contribution in [0.2, 0.25) is 0 Å². The first-order valence-electron chi connectivity index (χ1n) is 6.62. The molecule has 1 unspecified atom stereocenters. The molecule has 5 nitrogen and oxygen atoms in total. The number of nitrogens with one attached hydrogen (secondary N) is 1. The van der Waals surface area contributed by atoms with Gasteiger partial charge in [0.2, 0.25) is 0 Å². The Balaban J connectivity index is 2.74. The molecule has 0 spiro atoms. The molecule has 6 heteroatoms. The van der Waals surface area contributed by atoms with E-state index >= 15 is 0 Å². The van der Waals surface area contributed by atoms with Crippen molar-refractivity contribution in [3.05, 3.63) is 16.4 Å². The second-order valence-electron chi connectivity index (χ2n) is 4.88. The van der Waals surface area contributed by atoms with Crippen LogP contribution in [-0.4, -0.2) is 56.1 Å². The fraction of sp³-hybridized carbons (Fsp3) is 0.769. The molecular formula is C13H25BrN4O. The Morgan fingerprint density at radius 1 is 1.53 bits per heavy atom. The summed E-state index contributed by atoms with van der Waals surface area (Å²) in [6.07, 6.45) is 3.95. The molecule has 0 amide bonds. The summed E-state index contributed by atoms with van der Waals surface area (Å²) in [4.78, 5) is 2.17. The van der Waals surface area contributed by atoms with Gasteiger partial charge in [-0.1, -0.05) is 0 Å². The van der Waals surface area contributed by atoms with Crippen molar-refractivity contribution in [2.45, 2.75) is 25.4 Å². The van der Waals surface area contributed by atoms with Crippen LogP contribution in [0.25, 0.3) is 0 Å². The molecule has 1 aromatic rings. The van der Waals surface area contributed by atoms with E-state index in [4.69, 9.17) is 4.74 Å². The fourth-order valence-electron chi connectivity index (χ4n) is 2.04. The SMILES string of the molecule is CNC(CCCOC)c1c(Br)cnn1CCN(C)C. The van der Waals surface area contributed by atoms with Crippen LogP contribution in [0.1, 0.15) is 24.6 Å². The Morgan fingerprint density at radius 3 is 2.84 bits per heavy atom.